The van der Waals surface area contributed by atoms with E-state index in [9.17, 15) is 14.0 Å². The van der Waals surface area contributed by atoms with Crippen molar-refractivity contribution in [1.82, 2.24) is 9.97 Å². The van der Waals surface area contributed by atoms with E-state index in [2.05, 4.69) is 20.6 Å². The Balaban J connectivity index is 1.96. The number of pyridine rings is 1. The molecule has 3 rings (SSSR count). The molecule has 1 aromatic carbocycles. The van der Waals surface area contributed by atoms with Crippen molar-refractivity contribution in [1.29, 1.82) is 0 Å². The number of amides is 2. The van der Waals surface area contributed by atoms with E-state index >= 15 is 0 Å². The summed E-state index contributed by atoms with van der Waals surface area (Å²) in [5.41, 5.74) is 13.9. The fourth-order valence-corrected chi connectivity index (χ4v) is 3.54. The van der Waals surface area contributed by atoms with Gasteiger partial charge in [-0.1, -0.05) is 13.8 Å². The van der Waals surface area contributed by atoms with E-state index in [-0.39, 0.29) is 23.1 Å². The topological polar surface area (TPSA) is 136 Å². The second kappa shape index (κ2) is 8.39. The van der Waals surface area contributed by atoms with Crippen molar-refractivity contribution >= 4 is 50.7 Å². The van der Waals surface area contributed by atoms with Crippen molar-refractivity contribution in [3.8, 4) is 0 Å². The van der Waals surface area contributed by atoms with Gasteiger partial charge < -0.3 is 22.1 Å². The lowest BCUT2D eigenvalue weighted by Gasteiger charge is -2.19. The molecular weight excluding hydrogens is 395 g/mol. The van der Waals surface area contributed by atoms with E-state index in [0.29, 0.717) is 12.1 Å². The summed E-state index contributed by atoms with van der Waals surface area (Å²) in [4.78, 5) is 31.9. The molecule has 0 saturated heterocycles. The van der Waals surface area contributed by atoms with Crippen LogP contribution in [0.25, 0.3) is 10.2 Å². The third kappa shape index (κ3) is 4.77. The van der Waals surface area contributed by atoms with Gasteiger partial charge in [-0.2, -0.15) is 0 Å². The molecule has 10 heteroatoms. The number of aromatic nitrogens is 2. The van der Waals surface area contributed by atoms with Crippen LogP contribution in [0.1, 0.15) is 30.6 Å². The monoisotopic (exact) mass is 416 g/mol. The Morgan fingerprint density at radius 3 is 2.62 bits per heavy atom. The number of carbonyl (C=O) groups excluding carboxylic acids is 2. The van der Waals surface area contributed by atoms with Crippen molar-refractivity contribution in [2.75, 3.05) is 10.6 Å². The van der Waals surface area contributed by atoms with Crippen molar-refractivity contribution < 1.29 is 14.0 Å². The summed E-state index contributed by atoms with van der Waals surface area (Å²) in [6, 6.07) is 5.58. The van der Waals surface area contributed by atoms with Crippen LogP contribution in [0, 0.1) is 11.7 Å². The quantitative estimate of drug-likeness (QED) is 0.446. The molecule has 0 fully saturated rings. The molecule has 152 valence electrons. The Kier molecular flexibility index (Phi) is 5.92. The van der Waals surface area contributed by atoms with Gasteiger partial charge in [0.25, 0.3) is 5.91 Å². The number of benzene rings is 1. The Morgan fingerprint density at radius 1 is 1.21 bits per heavy atom. The van der Waals surface area contributed by atoms with Crippen LogP contribution in [0.2, 0.25) is 0 Å². The first-order chi connectivity index (χ1) is 13.7. The second-order valence-corrected chi connectivity index (χ2v) is 7.85. The summed E-state index contributed by atoms with van der Waals surface area (Å²) in [7, 11) is 0. The van der Waals surface area contributed by atoms with Crippen LogP contribution < -0.4 is 22.1 Å². The van der Waals surface area contributed by atoms with Crippen molar-refractivity contribution in [3.63, 3.8) is 0 Å². The van der Waals surface area contributed by atoms with Crippen molar-refractivity contribution in [3.05, 3.63) is 41.2 Å². The maximum Gasteiger partial charge on any atom is 0.252 e. The highest BCUT2D eigenvalue weighted by Gasteiger charge is 2.22. The second-order valence-electron chi connectivity index (χ2n) is 6.97. The largest absolute Gasteiger partial charge is 0.368 e. The fourth-order valence-electron chi connectivity index (χ4n) is 2.83. The van der Waals surface area contributed by atoms with Gasteiger partial charge >= 0.3 is 0 Å². The first kappa shape index (κ1) is 20.5. The molecule has 0 bridgehead atoms. The minimum atomic E-state index is -0.835. The molecule has 2 amide bonds. The fraction of sp³-hybridized carbons (Fsp3) is 0.263. The first-order valence-electron chi connectivity index (χ1n) is 8.91. The lowest BCUT2D eigenvalue weighted by Crippen LogP contribution is -2.37. The lowest BCUT2D eigenvalue weighted by atomic mass is 10.0. The van der Waals surface area contributed by atoms with Gasteiger partial charge in [0.2, 0.25) is 5.91 Å². The molecule has 1 atom stereocenters. The Morgan fingerprint density at radius 2 is 1.97 bits per heavy atom. The zero-order chi connectivity index (χ0) is 21.1. The molecule has 2 aromatic heterocycles. The minimum absolute atomic E-state index is 0.0676. The molecular formula is C19H21FN6O2S. The van der Waals surface area contributed by atoms with Crippen LogP contribution in [0.5, 0.6) is 0 Å². The zero-order valence-corrected chi connectivity index (χ0v) is 16.7. The SMILES string of the molecule is CC(C)CC(Nc1nc(Nc2ccc3ncsc3c2)c(C(N)=O)cc1F)C(N)=O. The molecule has 0 spiro atoms. The number of thiazole rings is 1. The number of primary amides is 2. The van der Waals surface area contributed by atoms with Crippen molar-refractivity contribution in [2.24, 2.45) is 17.4 Å². The number of hydrogen-bond acceptors (Lipinski definition) is 7. The molecule has 2 heterocycles. The summed E-state index contributed by atoms with van der Waals surface area (Å²) < 4.78 is 15.5. The number of rotatable bonds is 8. The van der Waals surface area contributed by atoms with E-state index in [4.69, 9.17) is 11.5 Å². The number of nitrogens with zero attached hydrogens (tertiary/aromatic N) is 2. The van der Waals surface area contributed by atoms with Crippen LogP contribution in [0.4, 0.5) is 21.7 Å². The van der Waals surface area contributed by atoms with Crippen molar-refractivity contribution in [2.45, 2.75) is 26.3 Å². The van der Waals surface area contributed by atoms with Crippen LogP contribution in [0.3, 0.4) is 0 Å². The number of nitrogens with one attached hydrogen (secondary N) is 2. The summed E-state index contributed by atoms with van der Waals surface area (Å²) in [5, 5.41) is 5.73. The molecule has 1 unspecified atom stereocenters. The molecule has 0 aliphatic carbocycles. The predicted octanol–water partition coefficient (Wildman–Crippen LogP) is 2.98. The predicted molar refractivity (Wildman–Crippen MR) is 112 cm³/mol. The highest BCUT2D eigenvalue weighted by atomic mass is 32.1. The van der Waals surface area contributed by atoms with Gasteiger partial charge in [-0.25, -0.2) is 14.4 Å². The molecule has 8 nitrogen and oxygen atoms in total. The molecule has 3 aromatic rings. The average molecular weight is 416 g/mol. The first-order valence-corrected chi connectivity index (χ1v) is 9.79. The summed E-state index contributed by atoms with van der Waals surface area (Å²) in [6.45, 7) is 3.83. The van der Waals surface area contributed by atoms with Gasteiger partial charge in [0.05, 0.1) is 21.3 Å². The van der Waals surface area contributed by atoms with Gasteiger partial charge in [-0.15, -0.1) is 11.3 Å². The summed E-state index contributed by atoms with van der Waals surface area (Å²) in [5.74, 6) is -2.24. The smallest absolute Gasteiger partial charge is 0.252 e. The Labute approximate surface area is 170 Å². The number of carbonyl (C=O) groups is 2. The van der Waals surface area contributed by atoms with Gasteiger partial charge in [0.1, 0.15) is 11.9 Å². The summed E-state index contributed by atoms with van der Waals surface area (Å²) >= 11 is 1.46. The van der Waals surface area contributed by atoms with Gasteiger partial charge in [0.15, 0.2) is 11.6 Å². The van der Waals surface area contributed by atoms with Gasteiger partial charge in [-0.3, -0.25) is 9.59 Å². The third-order valence-electron chi connectivity index (χ3n) is 4.20. The normalized spacial score (nSPS) is 12.1. The highest BCUT2D eigenvalue weighted by Crippen LogP contribution is 2.27. The van der Waals surface area contributed by atoms with Crippen LogP contribution in [0.15, 0.2) is 29.8 Å². The number of fused-ring (bicyclic) bond motifs is 1. The van der Waals surface area contributed by atoms with Crippen LogP contribution >= 0.6 is 11.3 Å². The van der Waals surface area contributed by atoms with E-state index in [1.165, 1.54) is 11.3 Å². The summed E-state index contributed by atoms with van der Waals surface area (Å²) in [6.07, 6.45) is 0.402. The Hall–Kier alpha value is -3.27. The van der Waals surface area contributed by atoms with E-state index in [0.717, 1.165) is 16.3 Å². The number of hydrogen-bond donors (Lipinski definition) is 4. The molecule has 29 heavy (non-hydrogen) atoms. The highest BCUT2D eigenvalue weighted by molar-refractivity contribution is 7.16. The van der Waals surface area contributed by atoms with E-state index in [1.54, 1.807) is 11.6 Å². The standard InChI is InChI=1S/C19H21FN6O2S/c1-9(2)5-14(17(22)28)25-19-12(20)7-11(16(21)27)18(26-19)24-10-3-4-13-15(6-10)29-8-23-13/h3-4,6-9,14H,5H2,1-2H3,(H2,21,27)(H2,22,28)(H2,24,25,26). The van der Waals surface area contributed by atoms with Gasteiger partial charge in [-0.05, 0) is 36.6 Å². The average Bonchev–Trinajstić information content (AvgIpc) is 3.10. The van der Waals surface area contributed by atoms with Crippen LogP contribution in [-0.2, 0) is 4.79 Å². The van der Waals surface area contributed by atoms with Crippen LogP contribution in [-0.4, -0.2) is 27.8 Å². The molecule has 0 radical (unpaired) electrons. The molecule has 0 aliphatic heterocycles. The maximum absolute atomic E-state index is 14.5. The Bertz CT molecular complexity index is 1070. The molecule has 0 aliphatic rings. The molecule has 0 saturated carbocycles. The number of halogens is 1. The number of anilines is 3. The van der Waals surface area contributed by atoms with E-state index < -0.39 is 23.7 Å². The third-order valence-corrected chi connectivity index (χ3v) is 4.99. The molecule has 6 N–H and O–H groups in total. The minimum Gasteiger partial charge on any atom is -0.368 e. The van der Waals surface area contributed by atoms with E-state index in [1.807, 2.05) is 26.0 Å². The van der Waals surface area contributed by atoms with Gasteiger partial charge in [0, 0.05) is 5.69 Å². The number of nitrogens with two attached hydrogens (primary N) is 2. The maximum atomic E-state index is 14.5. The lowest BCUT2D eigenvalue weighted by molar-refractivity contribution is -0.119. The zero-order valence-electron chi connectivity index (χ0n) is 15.9.